The summed E-state index contributed by atoms with van der Waals surface area (Å²) in [7, 11) is -3.61. The average Bonchev–Trinajstić information content (AvgIpc) is 2.99. The van der Waals surface area contributed by atoms with Gasteiger partial charge in [0.25, 0.3) is 0 Å². The van der Waals surface area contributed by atoms with Crippen LogP contribution in [0.15, 0.2) is 82.6 Å². The van der Waals surface area contributed by atoms with Gasteiger partial charge < -0.3 is 9.67 Å². The Bertz CT molecular complexity index is 1370. The Labute approximate surface area is 179 Å². The molecule has 0 spiro atoms. The summed E-state index contributed by atoms with van der Waals surface area (Å²) < 4.78 is 41.1. The van der Waals surface area contributed by atoms with Gasteiger partial charge in [0.15, 0.2) is 0 Å². The quantitative estimate of drug-likeness (QED) is 0.478. The fourth-order valence-electron chi connectivity index (χ4n) is 3.81. The molecular weight excluding hydrogens is 417 g/mol. The number of fused-ring (bicyclic) bond motifs is 1. The van der Waals surface area contributed by atoms with E-state index in [1.807, 2.05) is 6.92 Å². The molecule has 4 aromatic rings. The number of nitrogens with zero attached hydrogens (tertiary/aromatic N) is 1. The molecule has 1 N–H and O–H groups in total. The van der Waals surface area contributed by atoms with Gasteiger partial charge in [0.1, 0.15) is 12.4 Å². The minimum Gasteiger partial charge on any atom is -0.480 e. The Morgan fingerprint density at radius 2 is 1.61 bits per heavy atom. The van der Waals surface area contributed by atoms with Crippen LogP contribution in [0.2, 0.25) is 0 Å². The lowest BCUT2D eigenvalue weighted by Crippen LogP contribution is -2.10. The largest absolute Gasteiger partial charge is 0.480 e. The summed E-state index contributed by atoms with van der Waals surface area (Å²) in [4.78, 5) is 11.7. The van der Waals surface area contributed by atoms with Crippen molar-refractivity contribution in [3.05, 3.63) is 95.4 Å². The van der Waals surface area contributed by atoms with Crippen molar-refractivity contribution in [3.8, 4) is 0 Å². The van der Waals surface area contributed by atoms with Crippen molar-refractivity contribution in [1.82, 2.24) is 4.57 Å². The lowest BCUT2D eigenvalue weighted by molar-refractivity contribution is -0.137. The van der Waals surface area contributed by atoms with E-state index in [1.165, 1.54) is 12.1 Å². The molecule has 0 aliphatic heterocycles. The van der Waals surface area contributed by atoms with Crippen LogP contribution >= 0.6 is 0 Å². The maximum Gasteiger partial charge on any atom is 0.323 e. The molecule has 0 amide bonds. The van der Waals surface area contributed by atoms with Crippen LogP contribution in [-0.4, -0.2) is 24.1 Å². The van der Waals surface area contributed by atoms with E-state index < -0.39 is 21.6 Å². The average molecular weight is 437 g/mol. The van der Waals surface area contributed by atoms with Gasteiger partial charge in [-0.15, -0.1) is 0 Å². The first-order valence-electron chi connectivity index (χ1n) is 9.65. The highest BCUT2D eigenvalue weighted by Crippen LogP contribution is 2.29. The molecule has 0 saturated carbocycles. The number of hydrogen-bond donors (Lipinski definition) is 1. The molecule has 0 fully saturated rings. The van der Waals surface area contributed by atoms with Crippen LogP contribution in [0.25, 0.3) is 10.9 Å². The molecule has 31 heavy (non-hydrogen) atoms. The minimum atomic E-state index is -3.61. The monoisotopic (exact) mass is 437 g/mol. The van der Waals surface area contributed by atoms with E-state index >= 15 is 0 Å². The standard InChI is InChI=1S/C24H20FNO4S/c1-16-21(22-14-18(25)9-12-23(22)26(16)15-24(27)28)13-17-7-10-20(11-8-17)31(29,30)19-5-3-2-4-6-19/h2-12,14H,13,15H2,1H3,(H,27,28). The lowest BCUT2D eigenvalue weighted by atomic mass is 10.0. The van der Waals surface area contributed by atoms with E-state index in [-0.39, 0.29) is 16.3 Å². The summed E-state index contributed by atoms with van der Waals surface area (Å²) in [5, 5.41) is 9.91. The lowest BCUT2D eigenvalue weighted by Gasteiger charge is -2.08. The summed E-state index contributed by atoms with van der Waals surface area (Å²) in [5.74, 6) is -1.38. The summed E-state index contributed by atoms with van der Waals surface area (Å²) in [6.45, 7) is 1.59. The number of carbonyl (C=O) groups is 1. The zero-order valence-corrected chi connectivity index (χ0v) is 17.6. The van der Waals surface area contributed by atoms with Crippen molar-refractivity contribution in [3.63, 3.8) is 0 Å². The van der Waals surface area contributed by atoms with Crippen molar-refractivity contribution < 1.29 is 22.7 Å². The van der Waals surface area contributed by atoms with Gasteiger partial charge in [-0.1, -0.05) is 30.3 Å². The molecule has 0 radical (unpaired) electrons. The highest BCUT2D eigenvalue weighted by Gasteiger charge is 2.19. The molecule has 0 bridgehead atoms. The molecule has 158 valence electrons. The van der Waals surface area contributed by atoms with Gasteiger partial charge in [0, 0.05) is 16.6 Å². The maximum absolute atomic E-state index is 13.9. The number of carboxylic acids is 1. The van der Waals surface area contributed by atoms with Crippen LogP contribution in [0.4, 0.5) is 4.39 Å². The predicted molar refractivity (Wildman–Crippen MR) is 115 cm³/mol. The van der Waals surface area contributed by atoms with Gasteiger partial charge in [0.2, 0.25) is 9.84 Å². The summed E-state index contributed by atoms with van der Waals surface area (Å²) >= 11 is 0. The summed E-state index contributed by atoms with van der Waals surface area (Å²) in [6, 6.07) is 19.1. The number of sulfone groups is 1. The van der Waals surface area contributed by atoms with Crippen molar-refractivity contribution in [2.45, 2.75) is 29.7 Å². The highest BCUT2D eigenvalue weighted by molar-refractivity contribution is 7.91. The second kappa shape index (κ2) is 8.00. The fraction of sp³-hybridized carbons (Fsp3) is 0.125. The van der Waals surface area contributed by atoms with Gasteiger partial charge in [0.05, 0.1) is 9.79 Å². The van der Waals surface area contributed by atoms with E-state index in [2.05, 4.69) is 0 Å². The Morgan fingerprint density at radius 3 is 2.26 bits per heavy atom. The van der Waals surface area contributed by atoms with Crippen LogP contribution in [0.1, 0.15) is 16.8 Å². The van der Waals surface area contributed by atoms with Crippen LogP contribution < -0.4 is 0 Å². The number of carboxylic acid groups (broad SMARTS) is 1. The summed E-state index contributed by atoms with van der Waals surface area (Å²) in [6.07, 6.45) is 0.421. The molecule has 5 nitrogen and oxygen atoms in total. The number of rotatable bonds is 6. The van der Waals surface area contributed by atoms with Crippen LogP contribution in [-0.2, 0) is 27.6 Å². The van der Waals surface area contributed by atoms with E-state index in [1.54, 1.807) is 65.2 Å². The molecule has 1 aromatic heterocycles. The van der Waals surface area contributed by atoms with Gasteiger partial charge >= 0.3 is 5.97 Å². The molecule has 3 aromatic carbocycles. The van der Waals surface area contributed by atoms with Crippen LogP contribution in [0, 0.1) is 12.7 Å². The molecule has 0 saturated heterocycles. The SMILES string of the molecule is Cc1c(Cc2ccc(S(=O)(=O)c3ccccc3)cc2)c2cc(F)ccc2n1CC(=O)O. The molecule has 7 heteroatoms. The zero-order valence-electron chi connectivity index (χ0n) is 16.7. The van der Waals surface area contributed by atoms with Crippen molar-refractivity contribution in [1.29, 1.82) is 0 Å². The third-order valence-corrected chi connectivity index (χ3v) is 7.16. The van der Waals surface area contributed by atoms with Gasteiger partial charge in [-0.25, -0.2) is 12.8 Å². The van der Waals surface area contributed by atoms with E-state index in [4.69, 9.17) is 0 Å². The summed E-state index contributed by atoms with van der Waals surface area (Å²) in [5.41, 5.74) is 3.05. The Balaban J connectivity index is 1.71. The topological polar surface area (TPSA) is 76.4 Å². The molecule has 1 heterocycles. The van der Waals surface area contributed by atoms with Gasteiger partial charge in [-0.2, -0.15) is 0 Å². The van der Waals surface area contributed by atoms with Gasteiger partial charge in [-0.05, 0) is 66.9 Å². The minimum absolute atomic E-state index is 0.193. The third-order valence-electron chi connectivity index (χ3n) is 5.38. The molecule has 4 rings (SSSR count). The van der Waals surface area contributed by atoms with Crippen molar-refractivity contribution >= 4 is 26.7 Å². The second-order valence-corrected chi connectivity index (χ2v) is 9.29. The van der Waals surface area contributed by atoms with Crippen molar-refractivity contribution in [2.75, 3.05) is 0 Å². The first-order chi connectivity index (χ1) is 14.8. The Hall–Kier alpha value is -3.45. The number of aliphatic carboxylic acids is 1. The Kier molecular flexibility index (Phi) is 5.37. The molecule has 0 aliphatic carbocycles. The van der Waals surface area contributed by atoms with Crippen LogP contribution in [0.3, 0.4) is 0 Å². The third kappa shape index (κ3) is 3.96. The molecular formula is C24H20FNO4S. The predicted octanol–water partition coefficient (Wildman–Crippen LogP) is 4.60. The second-order valence-electron chi connectivity index (χ2n) is 7.34. The smallest absolute Gasteiger partial charge is 0.323 e. The van der Waals surface area contributed by atoms with E-state index in [0.717, 1.165) is 16.8 Å². The molecule has 0 unspecified atom stereocenters. The molecule has 0 atom stereocenters. The van der Waals surface area contributed by atoms with Gasteiger partial charge in [-0.3, -0.25) is 4.79 Å². The first kappa shape index (κ1) is 20.8. The first-order valence-corrected chi connectivity index (χ1v) is 11.1. The number of hydrogen-bond acceptors (Lipinski definition) is 3. The van der Waals surface area contributed by atoms with E-state index in [9.17, 15) is 22.7 Å². The van der Waals surface area contributed by atoms with E-state index in [0.29, 0.717) is 17.3 Å². The number of benzene rings is 3. The van der Waals surface area contributed by atoms with Crippen LogP contribution in [0.5, 0.6) is 0 Å². The van der Waals surface area contributed by atoms with Crippen molar-refractivity contribution in [2.24, 2.45) is 0 Å². The maximum atomic E-state index is 13.9. The molecule has 0 aliphatic rings. The number of aromatic nitrogens is 1. The highest BCUT2D eigenvalue weighted by atomic mass is 32.2. The Morgan fingerprint density at radius 1 is 0.968 bits per heavy atom. The fourth-order valence-corrected chi connectivity index (χ4v) is 5.09. The normalized spacial score (nSPS) is 11.7. The number of halogens is 1. The zero-order chi connectivity index (χ0) is 22.2.